The van der Waals surface area contributed by atoms with Crippen LogP contribution in [0.3, 0.4) is 0 Å². The van der Waals surface area contributed by atoms with E-state index in [-0.39, 0.29) is 5.91 Å². The molecule has 6 heteroatoms. The Morgan fingerprint density at radius 1 is 1.00 bits per heavy atom. The lowest BCUT2D eigenvalue weighted by molar-refractivity contribution is -0.129. The number of piperazine rings is 1. The average molecular weight is 289 g/mol. The van der Waals surface area contributed by atoms with Crippen LogP contribution < -0.4 is 9.80 Å². The van der Waals surface area contributed by atoms with Gasteiger partial charge < -0.3 is 14.7 Å². The van der Waals surface area contributed by atoms with Gasteiger partial charge in [0.1, 0.15) is 5.82 Å². The van der Waals surface area contributed by atoms with Crippen molar-refractivity contribution < 1.29 is 4.79 Å². The van der Waals surface area contributed by atoms with Gasteiger partial charge in [-0.25, -0.2) is 4.98 Å². The first kappa shape index (κ1) is 14.1. The lowest BCUT2D eigenvalue weighted by Crippen LogP contribution is -2.48. The Balaban J connectivity index is 1.67. The van der Waals surface area contributed by atoms with Crippen LogP contribution >= 0.6 is 0 Å². The molecule has 0 radical (unpaired) electrons. The Morgan fingerprint density at radius 2 is 1.71 bits per heavy atom. The number of rotatable bonds is 2. The second-order valence-electron chi connectivity index (χ2n) is 5.76. The van der Waals surface area contributed by atoms with Gasteiger partial charge in [0.25, 0.3) is 0 Å². The number of carbonyl (C=O) groups is 1. The monoisotopic (exact) mass is 289 g/mol. The van der Waals surface area contributed by atoms with Gasteiger partial charge in [0.05, 0.1) is 0 Å². The smallest absolute Gasteiger partial charge is 0.227 e. The average Bonchev–Trinajstić information content (AvgIpc) is 2.56. The maximum absolute atomic E-state index is 11.4. The summed E-state index contributed by atoms with van der Waals surface area (Å²) in [4.78, 5) is 26.9. The molecule has 0 aromatic carbocycles. The quantitative estimate of drug-likeness (QED) is 0.817. The number of aromatic nitrogens is 2. The van der Waals surface area contributed by atoms with Crippen molar-refractivity contribution in [3.05, 3.63) is 12.3 Å². The van der Waals surface area contributed by atoms with Gasteiger partial charge in [-0.05, 0) is 25.3 Å². The summed E-state index contributed by atoms with van der Waals surface area (Å²) >= 11 is 0. The molecule has 0 atom stereocenters. The Hall–Kier alpha value is -1.85. The van der Waals surface area contributed by atoms with Crippen molar-refractivity contribution in [2.45, 2.75) is 26.2 Å². The lowest BCUT2D eigenvalue weighted by Gasteiger charge is -2.35. The summed E-state index contributed by atoms with van der Waals surface area (Å²) in [5.41, 5.74) is 0. The molecule has 6 nitrogen and oxygen atoms in total. The summed E-state index contributed by atoms with van der Waals surface area (Å²) in [5.74, 6) is 1.99. The number of nitrogens with zero attached hydrogens (tertiary/aromatic N) is 5. The van der Waals surface area contributed by atoms with E-state index in [9.17, 15) is 4.79 Å². The fourth-order valence-electron chi connectivity index (χ4n) is 3.01. The Bertz CT molecular complexity index is 493. The van der Waals surface area contributed by atoms with Gasteiger partial charge in [-0.2, -0.15) is 4.98 Å². The molecule has 0 N–H and O–H groups in total. The van der Waals surface area contributed by atoms with Crippen molar-refractivity contribution in [3.8, 4) is 0 Å². The molecule has 114 valence electrons. The van der Waals surface area contributed by atoms with Crippen molar-refractivity contribution in [2.75, 3.05) is 49.1 Å². The Kier molecular flexibility index (Phi) is 4.22. The number of amides is 1. The van der Waals surface area contributed by atoms with Crippen molar-refractivity contribution in [2.24, 2.45) is 0 Å². The van der Waals surface area contributed by atoms with Crippen LogP contribution in [-0.2, 0) is 4.79 Å². The Labute approximate surface area is 125 Å². The van der Waals surface area contributed by atoms with Crippen LogP contribution in [0.4, 0.5) is 11.8 Å². The predicted molar refractivity (Wildman–Crippen MR) is 82.6 cm³/mol. The molecule has 2 saturated heterocycles. The third-order valence-corrected chi connectivity index (χ3v) is 4.32. The highest BCUT2D eigenvalue weighted by Gasteiger charge is 2.21. The van der Waals surface area contributed by atoms with Crippen molar-refractivity contribution in [3.63, 3.8) is 0 Å². The summed E-state index contributed by atoms with van der Waals surface area (Å²) in [7, 11) is 0. The normalized spacial score (nSPS) is 19.8. The number of piperidine rings is 1. The third-order valence-electron chi connectivity index (χ3n) is 4.32. The third kappa shape index (κ3) is 3.25. The molecule has 0 saturated carbocycles. The minimum atomic E-state index is 0.159. The maximum Gasteiger partial charge on any atom is 0.227 e. The van der Waals surface area contributed by atoms with Crippen LogP contribution in [0.25, 0.3) is 0 Å². The predicted octanol–water partition coefficient (Wildman–Crippen LogP) is 1.14. The van der Waals surface area contributed by atoms with Gasteiger partial charge in [0.2, 0.25) is 11.9 Å². The molecule has 1 aromatic heterocycles. The molecule has 0 aliphatic carbocycles. The first-order chi connectivity index (χ1) is 10.2. The highest BCUT2D eigenvalue weighted by Crippen LogP contribution is 2.19. The van der Waals surface area contributed by atoms with E-state index in [0.717, 1.165) is 51.0 Å². The summed E-state index contributed by atoms with van der Waals surface area (Å²) < 4.78 is 0. The van der Waals surface area contributed by atoms with E-state index in [1.807, 2.05) is 17.2 Å². The second-order valence-corrected chi connectivity index (χ2v) is 5.76. The highest BCUT2D eigenvalue weighted by atomic mass is 16.2. The largest absolute Gasteiger partial charge is 0.353 e. The molecule has 21 heavy (non-hydrogen) atoms. The minimum Gasteiger partial charge on any atom is -0.353 e. The molecule has 1 aromatic rings. The number of carbonyl (C=O) groups excluding carboxylic acids is 1. The zero-order valence-corrected chi connectivity index (χ0v) is 12.7. The zero-order chi connectivity index (χ0) is 14.7. The van der Waals surface area contributed by atoms with Crippen molar-refractivity contribution >= 4 is 17.7 Å². The fraction of sp³-hybridized carbons (Fsp3) is 0.667. The maximum atomic E-state index is 11.4. The highest BCUT2D eigenvalue weighted by molar-refractivity contribution is 5.73. The molecule has 3 rings (SSSR count). The van der Waals surface area contributed by atoms with Gasteiger partial charge in [0, 0.05) is 52.4 Å². The number of hydrogen-bond acceptors (Lipinski definition) is 5. The van der Waals surface area contributed by atoms with Crippen LogP contribution in [0, 0.1) is 0 Å². The summed E-state index contributed by atoms with van der Waals surface area (Å²) in [6, 6.07) is 1.97. The van der Waals surface area contributed by atoms with E-state index in [2.05, 4.69) is 14.8 Å². The number of anilines is 2. The topological polar surface area (TPSA) is 52.6 Å². The SMILES string of the molecule is CC(=O)N1CCN(c2ccnc(N3CCCCC3)n2)CC1. The minimum absolute atomic E-state index is 0.159. The molecule has 2 aliphatic heterocycles. The van der Waals surface area contributed by atoms with Gasteiger partial charge >= 0.3 is 0 Å². The van der Waals surface area contributed by atoms with E-state index in [0.29, 0.717) is 0 Å². The molecular formula is C15H23N5O. The van der Waals surface area contributed by atoms with Crippen molar-refractivity contribution in [1.29, 1.82) is 0 Å². The molecule has 1 amide bonds. The summed E-state index contributed by atoms with van der Waals surface area (Å²) in [6.07, 6.45) is 5.61. The van der Waals surface area contributed by atoms with Gasteiger partial charge in [-0.3, -0.25) is 4.79 Å². The molecule has 2 aliphatic rings. The second kappa shape index (κ2) is 6.28. The molecule has 0 unspecified atom stereocenters. The first-order valence-electron chi connectivity index (χ1n) is 7.82. The Morgan fingerprint density at radius 3 is 2.38 bits per heavy atom. The summed E-state index contributed by atoms with van der Waals surface area (Å²) in [6.45, 7) is 6.99. The molecular weight excluding hydrogens is 266 g/mol. The van der Waals surface area contributed by atoms with E-state index in [1.165, 1.54) is 19.3 Å². The molecule has 2 fully saturated rings. The molecule has 0 bridgehead atoms. The van der Waals surface area contributed by atoms with E-state index >= 15 is 0 Å². The van der Waals surface area contributed by atoms with Gasteiger partial charge in [-0.15, -0.1) is 0 Å². The van der Waals surface area contributed by atoms with Gasteiger partial charge in [0.15, 0.2) is 0 Å². The summed E-state index contributed by atoms with van der Waals surface area (Å²) in [5, 5.41) is 0. The van der Waals surface area contributed by atoms with Crippen molar-refractivity contribution in [1.82, 2.24) is 14.9 Å². The van der Waals surface area contributed by atoms with E-state index in [4.69, 9.17) is 4.98 Å². The van der Waals surface area contributed by atoms with E-state index < -0.39 is 0 Å². The standard InChI is InChI=1S/C15H23N5O/c1-13(21)18-9-11-19(12-10-18)14-5-6-16-15(17-14)20-7-3-2-4-8-20/h5-6H,2-4,7-12H2,1H3. The van der Waals surface area contributed by atoms with Crippen LogP contribution in [-0.4, -0.2) is 60.0 Å². The fourth-order valence-corrected chi connectivity index (χ4v) is 3.01. The molecule has 3 heterocycles. The van der Waals surface area contributed by atoms with Crippen LogP contribution in [0.2, 0.25) is 0 Å². The van der Waals surface area contributed by atoms with Crippen LogP contribution in [0.15, 0.2) is 12.3 Å². The van der Waals surface area contributed by atoms with Crippen LogP contribution in [0.1, 0.15) is 26.2 Å². The lowest BCUT2D eigenvalue weighted by atomic mass is 10.1. The van der Waals surface area contributed by atoms with E-state index in [1.54, 1.807) is 6.92 Å². The first-order valence-corrected chi connectivity index (χ1v) is 7.82. The van der Waals surface area contributed by atoms with Gasteiger partial charge in [-0.1, -0.05) is 0 Å². The van der Waals surface area contributed by atoms with Crippen LogP contribution in [0.5, 0.6) is 0 Å². The number of hydrogen-bond donors (Lipinski definition) is 0. The molecule has 0 spiro atoms. The zero-order valence-electron chi connectivity index (χ0n) is 12.7.